The second-order valence-corrected chi connectivity index (χ2v) is 3.96. The van der Waals surface area contributed by atoms with Crippen LogP contribution in [0.4, 0.5) is 5.69 Å². The summed E-state index contributed by atoms with van der Waals surface area (Å²) in [6, 6.07) is 7.65. The Morgan fingerprint density at radius 2 is 2.22 bits per heavy atom. The molecule has 0 saturated carbocycles. The highest BCUT2D eigenvalue weighted by Gasteiger charge is 2.01. The number of rotatable bonds is 5. The van der Waals surface area contributed by atoms with Crippen LogP contribution in [0.3, 0.4) is 0 Å². The van der Waals surface area contributed by atoms with Crippen LogP contribution in [0, 0.1) is 0 Å². The van der Waals surface area contributed by atoms with Crippen LogP contribution in [0.2, 0.25) is 0 Å². The van der Waals surface area contributed by atoms with Gasteiger partial charge in [0.25, 0.3) is 0 Å². The SMILES string of the molecule is CCCC(=O)Nc1cccc(CNC(N)=NC)c1. The van der Waals surface area contributed by atoms with Crippen molar-refractivity contribution in [1.82, 2.24) is 5.32 Å². The van der Waals surface area contributed by atoms with Gasteiger partial charge in [-0.3, -0.25) is 9.79 Å². The van der Waals surface area contributed by atoms with Crippen LogP contribution in [-0.2, 0) is 11.3 Å². The van der Waals surface area contributed by atoms with Crippen LogP contribution in [0.5, 0.6) is 0 Å². The van der Waals surface area contributed by atoms with Gasteiger partial charge in [0.1, 0.15) is 0 Å². The molecule has 0 aliphatic rings. The fraction of sp³-hybridized carbons (Fsp3) is 0.385. The number of aliphatic imine (C=N–C) groups is 1. The van der Waals surface area contributed by atoms with Crippen LogP contribution < -0.4 is 16.4 Å². The van der Waals surface area contributed by atoms with Crippen molar-refractivity contribution < 1.29 is 4.79 Å². The van der Waals surface area contributed by atoms with E-state index in [4.69, 9.17) is 5.73 Å². The van der Waals surface area contributed by atoms with Crippen molar-refractivity contribution in [2.75, 3.05) is 12.4 Å². The van der Waals surface area contributed by atoms with Gasteiger partial charge >= 0.3 is 0 Å². The van der Waals surface area contributed by atoms with Gasteiger partial charge in [0.2, 0.25) is 5.91 Å². The Morgan fingerprint density at radius 1 is 1.44 bits per heavy atom. The Hall–Kier alpha value is -2.04. The van der Waals surface area contributed by atoms with Gasteiger partial charge in [-0.05, 0) is 24.1 Å². The largest absolute Gasteiger partial charge is 0.370 e. The zero-order valence-corrected chi connectivity index (χ0v) is 10.9. The molecule has 5 nitrogen and oxygen atoms in total. The number of benzene rings is 1. The van der Waals surface area contributed by atoms with E-state index in [0.29, 0.717) is 18.9 Å². The Morgan fingerprint density at radius 3 is 2.89 bits per heavy atom. The van der Waals surface area contributed by atoms with E-state index in [1.165, 1.54) is 0 Å². The number of nitrogens with zero attached hydrogens (tertiary/aromatic N) is 1. The van der Waals surface area contributed by atoms with Crippen molar-refractivity contribution in [2.24, 2.45) is 10.7 Å². The summed E-state index contributed by atoms with van der Waals surface area (Å²) in [5, 5.41) is 5.83. The molecule has 1 aromatic carbocycles. The molecule has 1 aromatic rings. The van der Waals surface area contributed by atoms with Gasteiger partial charge in [-0.2, -0.15) is 0 Å². The molecular weight excluding hydrogens is 228 g/mol. The Bertz CT molecular complexity index is 429. The molecule has 0 aliphatic heterocycles. The standard InChI is InChI=1S/C13H20N4O/c1-3-5-12(18)17-11-7-4-6-10(8-11)9-16-13(14)15-2/h4,6-8H,3,5,9H2,1-2H3,(H,17,18)(H3,14,15,16). The van der Waals surface area contributed by atoms with Gasteiger partial charge in [0.05, 0.1) is 0 Å². The predicted octanol–water partition coefficient (Wildman–Crippen LogP) is 1.46. The van der Waals surface area contributed by atoms with E-state index in [2.05, 4.69) is 15.6 Å². The van der Waals surface area contributed by atoms with Gasteiger partial charge in [-0.25, -0.2) is 0 Å². The first-order valence-electron chi connectivity index (χ1n) is 6.00. The number of carbonyl (C=O) groups is 1. The lowest BCUT2D eigenvalue weighted by molar-refractivity contribution is -0.116. The molecule has 0 saturated heterocycles. The average Bonchev–Trinajstić information content (AvgIpc) is 2.36. The van der Waals surface area contributed by atoms with Crippen LogP contribution >= 0.6 is 0 Å². The van der Waals surface area contributed by atoms with E-state index in [1.807, 2.05) is 31.2 Å². The zero-order chi connectivity index (χ0) is 13.4. The number of hydrogen-bond acceptors (Lipinski definition) is 2. The highest BCUT2D eigenvalue weighted by molar-refractivity contribution is 5.90. The fourth-order valence-corrected chi connectivity index (χ4v) is 1.48. The third kappa shape index (κ3) is 4.86. The predicted molar refractivity (Wildman–Crippen MR) is 74.4 cm³/mol. The molecule has 1 amide bonds. The molecule has 0 bridgehead atoms. The summed E-state index contributed by atoms with van der Waals surface area (Å²) in [6.45, 7) is 2.56. The maximum atomic E-state index is 11.5. The zero-order valence-electron chi connectivity index (χ0n) is 10.9. The van der Waals surface area contributed by atoms with Crippen molar-refractivity contribution in [3.63, 3.8) is 0 Å². The normalized spacial score (nSPS) is 11.1. The van der Waals surface area contributed by atoms with Gasteiger partial charge in [0, 0.05) is 25.7 Å². The smallest absolute Gasteiger partial charge is 0.224 e. The summed E-state index contributed by atoms with van der Waals surface area (Å²) in [4.78, 5) is 15.3. The summed E-state index contributed by atoms with van der Waals surface area (Å²) >= 11 is 0. The molecular formula is C13H20N4O. The summed E-state index contributed by atoms with van der Waals surface area (Å²) in [7, 11) is 1.63. The fourth-order valence-electron chi connectivity index (χ4n) is 1.48. The minimum atomic E-state index is 0.0391. The first-order valence-corrected chi connectivity index (χ1v) is 6.00. The third-order valence-electron chi connectivity index (χ3n) is 2.40. The summed E-state index contributed by atoms with van der Waals surface area (Å²) in [5.41, 5.74) is 7.39. The van der Waals surface area contributed by atoms with Gasteiger partial charge < -0.3 is 16.4 Å². The molecule has 0 atom stereocenters. The van der Waals surface area contributed by atoms with Crippen molar-refractivity contribution in [3.05, 3.63) is 29.8 Å². The number of carbonyl (C=O) groups excluding carboxylic acids is 1. The lowest BCUT2D eigenvalue weighted by Crippen LogP contribution is -2.30. The number of guanidine groups is 1. The van der Waals surface area contributed by atoms with E-state index < -0.39 is 0 Å². The maximum absolute atomic E-state index is 11.5. The lowest BCUT2D eigenvalue weighted by Gasteiger charge is -2.08. The number of amides is 1. The second-order valence-electron chi connectivity index (χ2n) is 3.96. The van der Waals surface area contributed by atoms with Crippen molar-refractivity contribution in [2.45, 2.75) is 26.3 Å². The van der Waals surface area contributed by atoms with Crippen LogP contribution in [0.1, 0.15) is 25.3 Å². The number of anilines is 1. The summed E-state index contributed by atoms with van der Waals surface area (Å²) in [6.07, 6.45) is 1.38. The van der Waals surface area contributed by atoms with Gasteiger partial charge in [-0.1, -0.05) is 19.1 Å². The third-order valence-corrected chi connectivity index (χ3v) is 2.40. The topological polar surface area (TPSA) is 79.5 Å². The molecule has 5 heteroatoms. The molecule has 0 spiro atoms. The molecule has 0 fully saturated rings. The minimum absolute atomic E-state index is 0.0391. The number of nitrogens with one attached hydrogen (secondary N) is 2. The molecule has 0 heterocycles. The van der Waals surface area contributed by atoms with Crippen LogP contribution in [0.25, 0.3) is 0 Å². The molecule has 0 aliphatic carbocycles. The van der Waals surface area contributed by atoms with E-state index >= 15 is 0 Å². The molecule has 0 aromatic heterocycles. The molecule has 1 rings (SSSR count). The minimum Gasteiger partial charge on any atom is -0.370 e. The van der Waals surface area contributed by atoms with Crippen LogP contribution in [-0.4, -0.2) is 18.9 Å². The Labute approximate surface area is 107 Å². The quantitative estimate of drug-likeness (QED) is 0.545. The van der Waals surface area contributed by atoms with E-state index in [9.17, 15) is 4.79 Å². The van der Waals surface area contributed by atoms with E-state index in [1.54, 1.807) is 7.05 Å². The van der Waals surface area contributed by atoms with Gasteiger partial charge in [0.15, 0.2) is 5.96 Å². The van der Waals surface area contributed by atoms with Crippen molar-refractivity contribution in [1.29, 1.82) is 0 Å². The maximum Gasteiger partial charge on any atom is 0.224 e. The Kier molecular flexibility index (Phi) is 5.70. The highest BCUT2D eigenvalue weighted by atomic mass is 16.1. The molecule has 0 unspecified atom stereocenters. The first-order chi connectivity index (χ1) is 8.65. The first kappa shape index (κ1) is 14.0. The van der Waals surface area contributed by atoms with Crippen LogP contribution in [0.15, 0.2) is 29.3 Å². The molecule has 18 heavy (non-hydrogen) atoms. The molecule has 0 radical (unpaired) electrons. The lowest BCUT2D eigenvalue weighted by atomic mass is 10.2. The monoisotopic (exact) mass is 248 g/mol. The van der Waals surface area contributed by atoms with E-state index in [-0.39, 0.29) is 5.91 Å². The van der Waals surface area contributed by atoms with Crippen molar-refractivity contribution >= 4 is 17.6 Å². The molecule has 4 N–H and O–H groups in total. The Balaban J connectivity index is 2.59. The summed E-state index contributed by atoms with van der Waals surface area (Å²) in [5.74, 6) is 0.438. The number of hydrogen-bond donors (Lipinski definition) is 3. The highest BCUT2D eigenvalue weighted by Crippen LogP contribution is 2.11. The van der Waals surface area contributed by atoms with E-state index in [0.717, 1.165) is 17.7 Å². The second kappa shape index (κ2) is 7.32. The molecule has 98 valence electrons. The number of nitrogens with two attached hydrogens (primary N) is 1. The van der Waals surface area contributed by atoms with Gasteiger partial charge in [-0.15, -0.1) is 0 Å². The average molecular weight is 248 g/mol. The summed E-state index contributed by atoms with van der Waals surface area (Å²) < 4.78 is 0. The van der Waals surface area contributed by atoms with Crippen molar-refractivity contribution in [3.8, 4) is 0 Å².